The third-order valence-electron chi connectivity index (χ3n) is 7.62. The Morgan fingerprint density at radius 2 is 1.92 bits per heavy atom. The summed E-state index contributed by atoms with van der Waals surface area (Å²) in [6.07, 6.45) is 9.67. The van der Waals surface area contributed by atoms with Crippen LogP contribution in [-0.2, 0) is 14.3 Å². The minimum Gasteiger partial charge on any atom is -0.469 e. The highest BCUT2D eigenvalue weighted by Crippen LogP contribution is 2.66. The van der Waals surface area contributed by atoms with E-state index in [0.29, 0.717) is 17.8 Å². The van der Waals surface area contributed by atoms with E-state index in [9.17, 15) is 4.79 Å². The van der Waals surface area contributed by atoms with Crippen LogP contribution in [0.5, 0.6) is 0 Å². The van der Waals surface area contributed by atoms with Crippen LogP contribution < -0.4 is 0 Å². The standard InChI is InChI=1S/C21H34O3/c1-15-8-9-16-18(2,3)10-7-11-20(16,5)21(15)13-12-19(4,24-21)14-17(22)23-6/h8,16H,7,9-14H2,1-6H3/t16-,19+,20-,21-/m1/s1. The van der Waals surface area contributed by atoms with Gasteiger partial charge in [-0.25, -0.2) is 0 Å². The molecule has 3 aliphatic rings. The number of allylic oxidation sites excluding steroid dienone is 1. The van der Waals surface area contributed by atoms with Gasteiger partial charge in [0.15, 0.2) is 0 Å². The van der Waals surface area contributed by atoms with Gasteiger partial charge in [0.05, 0.1) is 24.7 Å². The van der Waals surface area contributed by atoms with Crippen LogP contribution in [0.3, 0.4) is 0 Å². The Labute approximate surface area is 147 Å². The van der Waals surface area contributed by atoms with Crippen molar-refractivity contribution in [2.45, 2.75) is 90.8 Å². The van der Waals surface area contributed by atoms with Crippen molar-refractivity contribution in [2.75, 3.05) is 7.11 Å². The van der Waals surface area contributed by atoms with Crippen molar-refractivity contribution in [3.8, 4) is 0 Å². The molecule has 0 aromatic rings. The summed E-state index contributed by atoms with van der Waals surface area (Å²) in [7, 11) is 1.46. The molecule has 0 unspecified atom stereocenters. The molecule has 2 aliphatic carbocycles. The van der Waals surface area contributed by atoms with E-state index in [0.717, 1.165) is 19.3 Å². The second-order valence-electron chi connectivity index (χ2n) is 9.57. The van der Waals surface area contributed by atoms with Gasteiger partial charge in [0.1, 0.15) is 0 Å². The molecular formula is C21H34O3. The molecule has 0 amide bonds. The summed E-state index contributed by atoms with van der Waals surface area (Å²) >= 11 is 0. The number of rotatable bonds is 2. The van der Waals surface area contributed by atoms with E-state index >= 15 is 0 Å². The highest BCUT2D eigenvalue weighted by molar-refractivity contribution is 5.70. The lowest BCUT2D eigenvalue weighted by Gasteiger charge is -2.61. The number of hydrogen-bond acceptors (Lipinski definition) is 3. The Balaban J connectivity index is 1.98. The van der Waals surface area contributed by atoms with Gasteiger partial charge in [0.2, 0.25) is 0 Å². The van der Waals surface area contributed by atoms with Crippen molar-refractivity contribution in [3.63, 3.8) is 0 Å². The number of carbonyl (C=O) groups excluding carboxylic acids is 1. The molecule has 4 atom stereocenters. The Bertz CT molecular complexity index is 563. The van der Waals surface area contributed by atoms with Gasteiger partial charge in [-0.2, -0.15) is 0 Å². The fourth-order valence-electron chi connectivity index (χ4n) is 6.24. The largest absolute Gasteiger partial charge is 0.469 e. The monoisotopic (exact) mass is 334 g/mol. The third-order valence-corrected chi connectivity index (χ3v) is 7.62. The first-order valence-corrected chi connectivity index (χ1v) is 9.53. The quantitative estimate of drug-likeness (QED) is 0.524. The molecule has 3 nitrogen and oxygen atoms in total. The lowest BCUT2D eigenvalue weighted by Crippen LogP contribution is -2.59. The van der Waals surface area contributed by atoms with Crippen LogP contribution in [0.1, 0.15) is 79.6 Å². The second kappa shape index (κ2) is 5.59. The Hall–Kier alpha value is -0.830. The molecule has 1 heterocycles. The van der Waals surface area contributed by atoms with Crippen molar-refractivity contribution in [1.82, 2.24) is 0 Å². The van der Waals surface area contributed by atoms with Crippen LogP contribution in [-0.4, -0.2) is 24.3 Å². The molecule has 3 heteroatoms. The minimum atomic E-state index is -0.408. The van der Waals surface area contributed by atoms with Gasteiger partial charge in [-0.15, -0.1) is 0 Å². The Morgan fingerprint density at radius 3 is 2.58 bits per heavy atom. The average molecular weight is 335 g/mol. The number of hydrogen-bond donors (Lipinski definition) is 0. The van der Waals surface area contributed by atoms with Crippen LogP contribution in [0.4, 0.5) is 0 Å². The predicted octanol–water partition coefficient (Wildman–Crippen LogP) is 5.04. The van der Waals surface area contributed by atoms with Gasteiger partial charge < -0.3 is 9.47 Å². The van der Waals surface area contributed by atoms with Crippen molar-refractivity contribution < 1.29 is 14.3 Å². The zero-order valence-corrected chi connectivity index (χ0v) is 16.3. The summed E-state index contributed by atoms with van der Waals surface area (Å²) in [4.78, 5) is 11.9. The zero-order valence-electron chi connectivity index (χ0n) is 16.3. The summed E-state index contributed by atoms with van der Waals surface area (Å²) in [5.41, 5.74) is 1.27. The molecule has 0 N–H and O–H groups in total. The van der Waals surface area contributed by atoms with Crippen LogP contribution in [0, 0.1) is 16.7 Å². The predicted molar refractivity (Wildman–Crippen MR) is 95.7 cm³/mol. The van der Waals surface area contributed by atoms with Gasteiger partial charge in [-0.3, -0.25) is 4.79 Å². The number of methoxy groups -OCH3 is 1. The SMILES string of the molecule is COC(=O)C[C@]1(C)CC[C@@]2(O1)C(C)=CC[C@@H]1C(C)(C)CCC[C@]12C. The van der Waals surface area contributed by atoms with Crippen molar-refractivity contribution in [1.29, 1.82) is 0 Å². The maximum absolute atomic E-state index is 11.9. The first-order chi connectivity index (χ1) is 11.1. The van der Waals surface area contributed by atoms with Gasteiger partial charge in [0, 0.05) is 5.41 Å². The number of ether oxygens (including phenoxy) is 2. The van der Waals surface area contributed by atoms with Crippen LogP contribution in [0.25, 0.3) is 0 Å². The van der Waals surface area contributed by atoms with Crippen molar-refractivity contribution in [3.05, 3.63) is 11.6 Å². The molecule has 1 saturated carbocycles. The van der Waals surface area contributed by atoms with Gasteiger partial charge in [-0.05, 0) is 62.9 Å². The Morgan fingerprint density at radius 1 is 1.21 bits per heavy atom. The molecule has 0 bridgehead atoms. The Kier molecular flexibility index (Phi) is 4.18. The fraction of sp³-hybridized carbons (Fsp3) is 0.857. The van der Waals surface area contributed by atoms with Gasteiger partial charge in [0.25, 0.3) is 0 Å². The van der Waals surface area contributed by atoms with Crippen LogP contribution in [0.2, 0.25) is 0 Å². The van der Waals surface area contributed by atoms with E-state index in [-0.39, 0.29) is 17.0 Å². The van der Waals surface area contributed by atoms with E-state index in [1.165, 1.54) is 31.9 Å². The summed E-state index contributed by atoms with van der Waals surface area (Å²) in [5, 5.41) is 0. The maximum Gasteiger partial charge on any atom is 0.308 e. The summed E-state index contributed by atoms with van der Waals surface area (Å²) in [6.45, 7) is 11.7. The molecule has 24 heavy (non-hydrogen) atoms. The summed E-state index contributed by atoms with van der Waals surface area (Å²) in [5.74, 6) is 0.473. The highest BCUT2D eigenvalue weighted by Gasteiger charge is 2.64. The van der Waals surface area contributed by atoms with Crippen molar-refractivity contribution in [2.24, 2.45) is 16.7 Å². The molecule has 3 rings (SSSR count). The van der Waals surface area contributed by atoms with Gasteiger partial charge in [-0.1, -0.05) is 33.3 Å². The van der Waals surface area contributed by atoms with E-state index in [1.54, 1.807) is 0 Å². The van der Waals surface area contributed by atoms with Crippen LogP contribution >= 0.6 is 0 Å². The molecule has 0 aromatic heterocycles. The van der Waals surface area contributed by atoms with E-state index in [4.69, 9.17) is 9.47 Å². The molecular weight excluding hydrogens is 300 g/mol. The topological polar surface area (TPSA) is 35.5 Å². The summed E-state index contributed by atoms with van der Waals surface area (Å²) < 4.78 is 11.8. The number of carbonyl (C=O) groups is 1. The van der Waals surface area contributed by atoms with E-state index in [1.807, 2.05) is 0 Å². The minimum absolute atomic E-state index is 0.154. The second-order valence-corrected chi connectivity index (χ2v) is 9.57. The third kappa shape index (κ3) is 2.46. The molecule has 1 aliphatic heterocycles. The number of esters is 1. The molecule has 0 radical (unpaired) electrons. The molecule has 1 spiro atoms. The lowest BCUT2D eigenvalue weighted by atomic mass is 9.46. The normalized spacial score (nSPS) is 44.1. The smallest absolute Gasteiger partial charge is 0.308 e. The fourth-order valence-corrected chi connectivity index (χ4v) is 6.24. The molecule has 1 saturated heterocycles. The zero-order chi connectivity index (χ0) is 17.8. The first kappa shape index (κ1) is 18.0. The number of fused-ring (bicyclic) bond motifs is 2. The lowest BCUT2D eigenvalue weighted by molar-refractivity contribution is -0.193. The molecule has 136 valence electrons. The first-order valence-electron chi connectivity index (χ1n) is 9.53. The average Bonchev–Trinajstić information content (AvgIpc) is 2.83. The molecule has 0 aromatic carbocycles. The van der Waals surface area contributed by atoms with Crippen LogP contribution in [0.15, 0.2) is 11.6 Å². The maximum atomic E-state index is 11.9. The van der Waals surface area contributed by atoms with E-state index in [2.05, 4.69) is 40.7 Å². The highest BCUT2D eigenvalue weighted by atomic mass is 16.5. The molecule has 2 fully saturated rings. The van der Waals surface area contributed by atoms with E-state index < -0.39 is 5.60 Å². The summed E-state index contributed by atoms with van der Waals surface area (Å²) in [6, 6.07) is 0. The van der Waals surface area contributed by atoms with Gasteiger partial charge >= 0.3 is 5.97 Å². The van der Waals surface area contributed by atoms with Crippen molar-refractivity contribution >= 4 is 5.97 Å².